The van der Waals surface area contributed by atoms with E-state index in [1.54, 1.807) is 0 Å². The van der Waals surface area contributed by atoms with Crippen molar-refractivity contribution in [3.63, 3.8) is 0 Å². The van der Waals surface area contributed by atoms with Crippen molar-refractivity contribution < 1.29 is 9.53 Å². The predicted octanol–water partition coefficient (Wildman–Crippen LogP) is 6.80. The van der Waals surface area contributed by atoms with E-state index in [1.807, 2.05) is 54.4 Å². The number of hydrogen-bond donors (Lipinski definition) is 1. The van der Waals surface area contributed by atoms with Gasteiger partial charge in [-0.15, -0.1) is 0 Å². The van der Waals surface area contributed by atoms with E-state index in [0.717, 1.165) is 48.4 Å². The summed E-state index contributed by atoms with van der Waals surface area (Å²) in [6.07, 6.45) is 7.05. The van der Waals surface area contributed by atoms with Crippen molar-refractivity contribution in [2.75, 3.05) is 7.05 Å². The number of aliphatic imine (C=N–C) groups is 1. The second-order valence-corrected chi connectivity index (χ2v) is 11.2. The molecule has 34 heavy (non-hydrogen) atoms. The molecule has 0 aromatic heterocycles. The highest BCUT2D eigenvalue weighted by Gasteiger charge is 2.36. The maximum Gasteiger partial charge on any atom is 0.222 e. The molecule has 1 amide bonds. The quantitative estimate of drug-likeness (QED) is 0.470. The van der Waals surface area contributed by atoms with Crippen LogP contribution in [0.1, 0.15) is 77.2 Å². The molecule has 2 N–H and O–H groups in total. The van der Waals surface area contributed by atoms with E-state index in [2.05, 4.69) is 26.8 Å². The first-order chi connectivity index (χ1) is 16.2. The monoisotopic (exact) mass is 461 g/mol. The van der Waals surface area contributed by atoms with Crippen LogP contribution in [0.25, 0.3) is 0 Å². The molecule has 1 fully saturated rings. The van der Waals surface area contributed by atoms with Crippen molar-refractivity contribution in [2.24, 2.45) is 22.1 Å². The van der Waals surface area contributed by atoms with Crippen LogP contribution in [-0.2, 0) is 4.79 Å². The van der Waals surface area contributed by atoms with Crippen LogP contribution in [0.4, 0.5) is 5.69 Å². The van der Waals surface area contributed by atoms with Crippen LogP contribution in [-0.4, -0.2) is 29.7 Å². The lowest BCUT2D eigenvalue weighted by molar-refractivity contribution is -0.132. The Labute approximate surface area is 204 Å². The molecule has 2 aliphatic rings. The number of ether oxygens (including phenoxy) is 1. The topological polar surface area (TPSA) is 67.9 Å². The van der Waals surface area contributed by atoms with Gasteiger partial charge in [0, 0.05) is 25.4 Å². The second kappa shape index (κ2) is 10.2. The Morgan fingerprint density at radius 1 is 1.12 bits per heavy atom. The first-order valence-corrected chi connectivity index (χ1v) is 12.7. The molecule has 2 aromatic rings. The Balaban J connectivity index is 1.53. The van der Waals surface area contributed by atoms with Gasteiger partial charge in [0.2, 0.25) is 5.91 Å². The van der Waals surface area contributed by atoms with Crippen LogP contribution in [0.15, 0.2) is 53.5 Å². The van der Waals surface area contributed by atoms with Crippen LogP contribution >= 0.6 is 0 Å². The highest BCUT2D eigenvalue weighted by molar-refractivity contribution is 5.95. The number of para-hydroxylation sites is 1. The summed E-state index contributed by atoms with van der Waals surface area (Å²) in [5.41, 5.74) is 8.67. The maximum atomic E-state index is 13.0. The molecule has 4 rings (SSSR count). The summed E-state index contributed by atoms with van der Waals surface area (Å²) in [6.45, 7) is 6.76. The molecular weight excluding hydrogens is 422 g/mol. The summed E-state index contributed by atoms with van der Waals surface area (Å²) in [6, 6.07) is 16.2. The third kappa shape index (κ3) is 5.81. The Bertz CT molecular complexity index is 1020. The van der Waals surface area contributed by atoms with Gasteiger partial charge in [0.1, 0.15) is 17.3 Å². The first kappa shape index (κ1) is 24.3. The van der Waals surface area contributed by atoms with Crippen LogP contribution < -0.4 is 10.5 Å². The fourth-order valence-electron chi connectivity index (χ4n) is 5.59. The number of nitrogens with zero attached hydrogens (tertiary/aromatic N) is 2. The largest absolute Gasteiger partial charge is 0.457 e. The summed E-state index contributed by atoms with van der Waals surface area (Å²) in [7, 11) is 1.98. The summed E-state index contributed by atoms with van der Waals surface area (Å²) >= 11 is 0. The molecule has 1 aliphatic heterocycles. The normalized spacial score (nSPS) is 18.9. The van der Waals surface area contributed by atoms with Crippen molar-refractivity contribution >= 4 is 17.4 Å². The molecule has 1 aliphatic carbocycles. The highest BCUT2D eigenvalue weighted by atomic mass is 16.5. The van der Waals surface area contributed by atoms with Crippen LogP contribution in [0, 0.1) is 11.3 Å². The standard InChI is InChI=1S/C29H39N3O2/c1-29(2,3)19-20(14-17-26(33)32(4)21-10-8-9-11-21)27-24-18-23(15-16-25(24)31-28(27)30)34-22-12-6-5-7-13-22/h5-7,12-13,15-16,18,20-21,27H,8-11,14,17,19H2,1-4H3,(H2,30,31)/t20-,27?/m0/s1. The minimum atomic E-state index is -0.00173. The third-order valence-electron chi connectivity index (χ3n) is 7.22. The number of amidine groups is 1. The van der Waals surface area contributed by atoms with Crippen molar-refractivity contribution in [3.05, 3.63) is 54.1 Å². The predicted molar refractivity (Wildman–Crippen MR) is 139 cm³/mol. The molecule has 2 atom stereocenters. The first-order valence-electron chi connectivity index (χ1n) is 12.7. The molecule has 2 aromatic carbocycles. The highest BCUT2D eigenvalue weighted by Crippen LogP contribution is 2.46. The lowest BCUT2D eigenvalue weighted by Gasteiger charge is -2.32. The van der Waals surface area contributed by atoms with Gasteiger partial charge in [-0.3, -0.25) is 4.79 Å². The van der Waals surface area contributed by atoms with Crippen LogP contribution in [0.5, 0.6) is 11.5 Å². The number of nitrogens with two attached hydrogens (primary N) is 1. The van der Waals surface area contributed by atoms with Gasteiger partial charge in [-0.25, -0.2) is 4.99 Å². The van der Waals surface area contributed by atoms with Gasteiger partial charge in [0.25, 0.3) is 0 Å². The van der Waals surface area contributed by atoms with Crippen molar-refractivity contribution in [3.8, 4) is 11.5 Å². The molecule has 0 saturated heterocycles. The second-order valence-electron chi connectivity index (χ2n) is 11.2. The average Bonchev–Trinajstić information content (AvgIpc) is 3.43. The van der Waals surface area contributed by atoms with E-state index in [9.17, 15) is 4.79 Å². The number of amides is 1. The van der Waals surface area contributed by atoms with Gasteiger partial charge in [-0.2, -0.15) is 0 Å². The Morgan fingerprint density at radius 2 is 1.82 bits per heavy atom. The zero-order valence-electron chi connectivity index (χ0n) is 21.1. The van der Waals surface area contributed by atoms with Gasteiger partial charge in [0.15, 0.2) is 0 Å². The summed E-state index contributed by atoms with van der Waals surface area (Å²) in [5.74, 6) is 2.72. The zero-order valence-corrected chi connectivity index (χ0v) is 21.1. The van der Waals surface area contributed by atoms with Gasteiger partial charge in [-0.05, 0) is 72.9 Å². The van der Waals surface area contributed by atoms with E-state index in [-0.39, 0.29) is 23.2 Å². The number of carbonyl (C=O) groups excluding carboxylic acids is 1. The van der Waals surface area contributed by atoms with Crippen LogP contribution in [0.2, 0.25) is 0 Å². The van der Waals surface area contributed by atoms with Gasteiger partial charge >= 0.3 is 0 Å². The number of rotatable bonds is 8. The summed E-state index contributed by atoms with van der Waals surface area (Å²) in [4.78, 5) is 19.7. The fraction of sp³-hybridized carbons (Fsp3) is 0.517. The lowest BCUT2D eigenvalue weighted by atomic mass is 9.74. The van der Waals surface area contributed by atoms with E-state index in [1.165, 1.54) is 12.8 Å². The minimum Gasteiger partial charge on any atom is -0.457 e. The fourth-order valence-corrected chi connectivity index (χ4v) is 5.59. The molecule has 0 spiro atoms. The van der Waals surface area contributed by atoms with E-state index in [4.69, 9.17) is 15.5 Å². The van der Waals surface area contributed by atoms with E-state index >= 15 is 0 Å². The van der Waals surface area contributed by atoms with E-state index < -0.39 is 0 Å². The SMILES string of the molecule is CN(C(=O)CC[C@@H](CC(C)(C)C)C1C(N)=Nc2ccc(Oc3ccccc3)cc21)C1CCCC1. The number of fused-ring (bicyclic) bond motifs is 1. The van der Waals surface area contributed by atoms with E-state index in [0.29, 0.717) is 18.3 Å². The molecule has 1 heterocycles. The summed E-state index contributed by atoms with van der Waals surface area (Å²) < 4.78 is 6.10. The van der Waals surface area contributed by atoms with Gasteiger partial charge < -0.3 is 15.4 Å². The third-order valence-corrected chi connectivity index (χ3v) is 7.22. The van der Waals surface area contributed by atoms with Crippen molar-refractivity contribution in [1.82, 2.24) is 4.90 Å². The van der Waals surface area contributed by atoms with Crippen LogP contribution in [0.3, 0.4) is 0 Å². The molecule has 0 bridgehead atoms. The number of hydrogen-bond acceptors (Lipinski definition) is 4. The molecule has 1 saturated carbocycles. The van der Waals surface area contributed by atoms with Crippen molar-refractivity contribution in [2.45, 2.75) is 77.7 Å². The van der Waals surface area contributed by atoms with Gasteiger partial charge in [0.05, 0.1) is 5.69 Å². The molecule has 182 valence electrons. The average molecular weight is 462 g/mol. The Kier molecular flexibility index (Phi) is 7.30. The maximum absolute atomic E-state index is 13.0. The smallest absolute Gasteiger partial charge is 0.222 e. The number of benzene rings is 2. The molecule has 1 unspecified atom stereocenters. The lowest BCUT2D eigenvalue weighted by Crippen LogP contribution is -2.36. The zero-order chi connectivity index (χ0) is 24.3. The van der Waals surface area contributed by atoms with Crippen molar-refractivity contribution in [1.29, 1.82) is 0 Å². The number of carbonyl (C=O) groups is 1. The van der Waals surface area contributed by atoms with Gasteiger partial charge in [-0.1, -0.05) is 51.8 Å². The Hall–Kier alpha value is -2.82. The molecule has 5 nitrogen and oxygen atoms in total. The molecule has 0 radical (unpaired) electrons. The molecular formula is C29H39N3O2. The Morgan fingerprint density at radius 3 is 2.50 bits per heavy atom. The summed E-state index contributed by atoms with van der Waals surface area (Å²) in [5, 5.41) is 0. The minimum absolute atomic E-state index is 0.00173. The molecule has 5 heteroatoms.